The first-order valence-corrected chi connectivity index (χ1v) is 9.74. The van der Waals surface area contributed by atoms with Crippen molar-refractivity contribution in [3.05, 3.63) is 0 Å². The summed E-state index contributed by atoms with van der Waals surface area (Å²) in [6.07, 6.45) is 14.1. The van der Waals surface area contributed by atoms with Crippen LogP contribution in [0.5, 0.6) is 0 Å². The number of rotatable bonds is 16. The quantitative estimate of drug-likeness (QED) is 0.393. The molecule has 1 atom stereocenters. The average Bonchev–Trinajstić information content (AvgIpc) is 2.50. The van der Waals surface area contributed by atoms with Gasteiger partial charge in [-0.25, -0.2) is 0 Å². The van der Waals surface area contributed by atoms with E-state index in [9.17, 15) is 0 Å². The summed E-state index contributed by atoms with van der Waals surface area (Å²) in [5.41, 5.74) is 0. The molecule has 0 fully saturated rings. The van der Waals surface area contributed by atoms with Crippen LogP contribution < -0.4 is 5.32 Å². The molecule has 0 saturated heterocycles. The summed E-state index contributed by atoms with van der Waals surface area (Å²) in [5, 5.41) is 3.68. The van der Waals surface area contributed by atoms with Gasteiger partial charge in [-0.1, -0.05) is 79.1 Å². The number of nitrogens with zero attached hydrogens (tertiary/aromatic N) is 1. The highest BCUT2D eigenvalue weighted by Gasteiger charge is 2.08. The molecule has 0 aromatic heterocycles. The molecular formula is C19H42N2. The topological polar surface area (TPSA) is 15.3 Å². The van der Waals surface area contributed by atoms with Gasteiger partial charge in [0.2, 0.25) is 0 Å². The molecule has 0 aromatic rings. The Labute approximate surface area is 135 Å². The lowest BCUT2D eigenvalue weighted by atomic mass is 10.0. The maximum absolute atomic E-state index is 3.68. The number of hydrogen-bond acceptors (Lipinski definition) is 2. The highest BCUT2D eigenvalue weighted by Crippen LogP contribution is 2.12. The summed E-state index contributed by atoms with van der Waals surface area (Å²) in [4.78, 5) is 2.54. The third-order valence-electron chi connectivity index (χ3n) is 4.59. The summed E-state index contributed by atoms with van der Waals surface area (Å²) in [5.74, 6) is 0. The summed E-state index contributed by atoms with van der Waals surface area (Å²) < 4.78 is 0. The Balaban J connectivity index is 3.59. The molecule has 0 bridgehead atoms. The second kappa shape index (κ2) is 16.3. The van der Waals surface area contributed by atoms with Crippen molar-refractivity contribution in [3.63, 3.8) is 0 Å². The minimum absolute atomic E-state index is 0.732. The van der Waals surface area contributed by atoms with E-state index in [-0.39, 0.29) is 0 Å². The van der Waals surface area contributed by atoms with Crippen molar-refractivity contribution in [2.75, 3.05) is 26.2 Å². The van der Waals surface area contributed by atoms with Gasteiger partial charge in [0.25, 0.3) is 0 Å². The summed E-state index contributed by atoms with van der Waals surface area (Å²) >= 11 is 0. The normalized spacial score (nSPS) is 13.0. The second-order valence-electron chi connectivity index (χ2n) is 6.33. The van der Waals surface area contributed by atoms with E-state index in [0.29, 0.717) is 0 Å². The van der Waals surface area contributed by atoms with Gasteiger partial charge >= 0.3 is 0 Å². The summed E-state index contributed by atoms with van der Waals surface area (Å²) in [6.45, 7) is 13.8. The minimum Gasteiger partial charge on any atom is -0.314 e. The van der Waals surface area contributed by atoms with E-state index in [1.54, 1.807) is 0 Å². The highest BCUT2D eigenvalue weighted by atomic mass is 15.1. The maximum Gasteiger partial charge on any atom is 0.00791 e. The van der Waals surface area contributed by atoms with Gasteiger partial charge in [0, 0.05) is 6.04 Å². The zero-order valence-electron chi connectivity index (χ0n) is 15.4. The first-order chi connectivity index (χ1) is 10.3. The lowest BCUT2D eigenvalue weighted by molar-refractivity contribution is 0.276. The third kappa shape index (κ3) is 13.3. The molecule has 0 aromatic carbocycles. The van der Waals surface area contributed by atoms with Gasteiger partial charge < -0.3 is 10.2 Å². The van der Waals surface area contributed by atoms with Crippen molar-refractivity contribution < 1.29 is 0 Å². The van der Waals surface area contributed by atoms with Crippen LogP contribution in [0.1, 0.15) is 91.9 Å². The number of nitrogens with one attached hydrogen (secondary N) is 1. The zero-order valence-corrected chi connectivity index (χ0v) is 15.4. The van der Waals surface area contributed by atoms with Crippen molar-refractivity contribution in [3.8, 4) is 0 Å². The first-order valence-electron chi connectivity index (χ1n) is 9.74. The fourth-order valence-electron chi connectivity index (χ4n) is 3.04. The van der Waals surface area contributed by atoms with Crippen molar-refractivity contribution >= 4 is 0 Å². The molecule has 0 aliphatic rings. The Morgan fingerprint density at radius 3 is 1.81 bits per heavy atom. The molecule has 0 aliphatic heterocycles. The Kier molecular flexibility index (Phi) is 16.2. The zero-order chi connectivity index (χ0) is 15.8. The molecule has 0 radical (unpaired) electrons. The average molecular weight is 299 g/mol. The van der Waals surface area contributed by atoms with Gasteiger partial charge in [0.1, 0.15) is 0 Å². The summed E-state index contributed by atoms with van der Waals surface area (Å²) in [6, 6.07) is 0.732. The van der Waals surface area contributed by atoms with E-state index in [1.165, 1.54) is 83.8 Å². The van der Waals surface area contributed by atoms with Crippen LogP contribution in [0, 0.1) is 0 Å². The van der Waals surface area contributed by atoms with Crippen LogP contribution in [0.3, 0.4) is 0 Å². The van der Waals surface area contributed by atoms with E-state index >= 15 is 0 Å². The first kappa shape index (κ1) is 20.9. The molecule has 0 amide bonds. The standard InChI is InChI=1S/C19H42N2/c1-5-9-10-11-12-13-14-15-16-19(20-6-2)17-18-21(7-3)8-4/h19-20H,5-18H2,1-4H3. The lowest BCUT2D eigenvalue weighted by Gasteiger charge is -2.23. The molecule has 0 saturated carbocycles. The molecule has 0 aliphatic carbocycles. The van der Waals surface area contributed by atoms with Crippen LogP contribution in [0.25, 0.3) is 0 Å². The van der Waals surface area contributed by atoms with Gasteiger partial charge in [0.05, 0.1) is 0 Å². The lowest BCUT2D eigenvalue weighted by Crippen LogP contribution is -2.34. The van der Waals surface area contributed by atoms with E-state index < -0.39 is 0 Å². The van der Waals surface area contributed by atoms with Gasteiger partial charge in [0.15, 0.2) is 0 Å². The largest absolute Gasteiger partial charge is 0.314 e. The minimum atomic E-state index is 0.732. The predicted molar refractivity (Wildman–Crippen MR) is 97.1 cm³/mol. The molecule has 0 spiro atoms. The van der Waals surface area contributed by atoms with Gasteiger partial charge in [-0.15, -0.1) is 0 Å². The van der Waals surface area contributed by atoms with Crippen molar-refractivity contribution in [2.45, 2.75) is 97.9 Å². The van der Waals surface area contributed by atoms with E-state index in [0.717, 1.165) is 12.6 Å². The Bertz CT molecular complexity index is 190. The van der Waals surface area contributed by atoms with Gasteiger partial charge in [-0.2, -0.15) is 0 Å². The Hall–Kier alpha value is -0.0800. The molecule has 2 nitrogen and oxygen atoms in total. The van der Waals surface area contributed by atoms with Crippen LogP contribution >= 0.6 is 0 Å². The van der Waals surface area contributed by atoms with Crippen LogP contribution in [-0.4, -0.2) is 37.1 Å². The molecule has 128 valence electrons. The summed E-state index contributed by atoms with van der Waals surface area (Å²) in [7, 11) is 0. The van der Waals surface area contributed by atoms with Crippen molar-refractivity contribution in [2.24, 2.45) is 0 Å². The Morgan fingerprint density at radius 2 is 1.29 bits per heavy atom. The monoisotopic (exact) mass is 298 g/mol. The van der Waals surface area contributed by atoms with Crippen LogP contribution in [-0.2, 0) is 0 Å². The molecule has 0 heterocycles. The van der Waals surface area contributed by atoms with Crippen LogP contribution in [0.15, 0.2) is 0 Å². The highest BCUT2D eigenvalue weighted by molar-refractivity contribution is 4.68. The van der Waals surface area contributed by atoms with Gasteiger partial charge in [-0.05, 0) is 39.0 Å². The molecule has 1 unspecified atom stereocenters. The van der Waals surface area contributed by atoms with Crippen LogP contribution in [0.4, 0.5) is 0 Å². The van der Waals surface area contributed by atoms with Gasteiger partial charge in [-0.3, -0.25) is 0 Å². The van der Waals surface area contributed by atoms with E-state index in [2.05, 4.69) is 37.9 Å². The third-order valence-corrected chi connectivity index (χ3v) is 4.59. The fourth-order valence-corrected chi connectivity index (χ4v) is 3.04. The molecule has 2 heteroatoms. The Morgan fingerprint density at radius 1 is 0.714 bits per heavy atom. The van der Waals surface area contributed by atoms with Crippen molar-refractivity contribution in [1.29, 1.82) is 0 Å². The fraction of sp³-hybridized carbons (Fsp3) is 1.00. The smallest absolute Gasteiger partial charge is 0.00791 e. The van der Waals surface area contributed by atoms with Crippen LogP contribution in [0.2, 0.25) is 0 Å². The molecule has 0 rings (SSSR count). The molecule has 1 N–H and O–H groups in total. The molecule has 21 heavy (non-hydrogen) atoms. The molecular weight excluding hydrogens is 256 g/mol. The van der Waals surface area contributed by atoms with E-state index in [4.69, 9.17) is 0 Å². The maximum atomic E-state index is 3.68. The predicted octanol–water partition coefficient (Wildman–Crippen LogP) is 5.23. The van der Waals surface area contributed by atoms with E-state index in [1.807, 2.05) is 0 Å². The number of unbranched alkanes of at least 4 members (excludes halogenated alkanes) is 7. The van der Waals surface area contributed by atoms with Crippen molar-refractivity contribution in [1.82, 2.24) is 10.2 Å². The SMILES string of the molecule is CCCCCCCCCCC(CCN(CC)CC)NCC. The number of hydrogen-bond donors (Lipinski definition) is 1. The second-order valence-corrected chi connectivity index (χ2v) is 6.33.